The molecule has 0 saturated carbocycles. The average Bonchev–Trinajstić information content (AvgIpc) is 3.29. The first-order valence-electron chi connectivity index (χ1n) is 10.9. The van der Waals surface area contributed by atoms with Gasteiger partial charge in [-0.15, -0.1) is 0 Å². The highest BCUT2D eigenvalue weighted by Gasteiger charge is 2.21. The van der Waals surface area contributed by atoms with E-state index in [9.17, 15) is 4.79 Å². The minimum Gasteiger partial charge on any atom is -0.395 e. The molecule has 5 rings (SSSR count). The predicted octanol–water partition coefficient (Wildman–Crippen LogP) is 2.43. The molecule has 33 heavy (non-hydrogen) atoms. The van der Waals surface area contributed by atoms with E-state index in [2.05, 4.69) is 44.2 Å². The highest BCUT2D eigenvalue weighted by atomic mass is 16.1. The molecule has 2 aromatic heterocycles. The Hall–Kier alpha value is -3.98. The number of carbonyl (C=O) groups excluding carboxylic acids is 1. The van der Waals surface area contributed by atoms with E-state index in [1.165, 1.54) is 0 Å². The molecule has 0 aliphatic carbocycles. The molecule has 1 aliphatic rings. The van der Waals surface area contributed by atoms with Crippen molar-refractivity contribution in [3.63, 3.8) is 0 Å². The van der Waals surface area contributed by atoms with E-state index in [0.717, 1.165) is 59.5 Å². The molecule has 0 unspecified atom stereocenters. The molecule has 0 radical (unpaired) electrons. The van der Waals surface area contributed by atoms with Gasteiger partial charge in [0.25, 0.3) is 5.91 Å². The Morgan fingerprint density at radius 2 is 1.76 bits per heavy atom. The molecule has 0 bridgehead atoms. The maximum atomic E-state index is 12.2. The van der Waals surface area contributed by atoms with Gasteiger partial charge in [-0.05, 0) is 49.9 Å². The molecule has 9 nitrogen and oxygen atoms in total. The quantitative estimate of drug-likeness (QED) is 0.442. The molecule has 3 heterocycles. The van der Waals surface area contributed by atoms with Crippen molar-refractivity contribution in [2.75, 3.05) is 43.9 Å². The third-order valence-corrected chi connectivity index (χ3v) is 6.24. The zero-order valence-corrected chi connectivity index (χ0v) is 18.7. The van der Waals surface area contributed by atoms with Crippen LogP contribution in [0.5, 0.6) is 0 Å². The van der Waals surface area contributed by atoms with Crippen molar-refractivity contribution >= 4 is 28.2 Å². The number of hydrogen-bond acceptors (Lipinski definition) is 7. The van der Waals surface area contributed by atoms with E-state index in [0.29, 0.717) is 11.5 Å². The van der Waals surface area contributed by atoms with E-state index in [1.54, 1.807) is 6.20 Å². The number of aromatic nitrogens is 4. The summed E-state index contributed by atoms with van der Waals surface area (Å²) in [7, 11) is 2.14. The Morgan fingerprint density at radius 3 is 2.45 bits per heavy atom. The monoisotopic (exact) mass is 442 g/mol. The Kier molecular flexibility index (Phi) is 5.18. The first-order chi connectivity index (χ1) is 15.9. The van der Waals surface area contributed by atoms with Gasteiger partial charge in [-0.3, -0.25) is 9.89 Å². The number of benzene rings is 2. The van der Waals surface area contributed by atoms with E-state index in [1.807, 2.05) is 31.2 Å². The zero-order valence-electron chi connectivity index (χ0n) is 18.7. The third kappa shape index (κ3) is 3.76. The number of nitrogens with zero attached hydrogens (tertiary/aromatic N) is 5. The molecule has 2 aromatic carbocycles. The van der Waals surface area contributed by atoms with Crippen LogP contribution in [0.3, 0.4) is 0 Å². The summed E-state index contributed by atoms with van der Waals surface area (Å²) in [5, 5.41) is 7.98. The number of likely N-dealkylation sites (N-methyl/N-ethyl adjacent to an activating group) is 1. The lowest BCUT2D eigenvalue weighted by Crippen LogP contribution is -2.44. The normalized spacial score (nSPS) is 14.7. The van der Waals surface area contributed by atoms with Gasteiger partial charge in [0, 0.05) is 48.4 Å². The molecule has 4 aromatic rings. The maximum absolute atomic E-state index is 12.2. The summed E-state index contributed by atoms with van der Waals surface area (Å²) in [5.41, 5.74) is 17.2. The van der Waals surface area contributed by atoms with Crippen molar-refractivity contribution in [2.24, 2.45) is 5.73 Å². The van der Waals surface area contributed by atoms with Gasteiger partial charge in [0.1, 0.15) is 0 Å². The first kappa shape index (κ1) is 20.9. The summed E-state index contributed by atoms with van der Waals surface area (Å²) in [6.07, 6.45) is 1.73. The minimum absolute atomic E-state index is 0.0121. The number of aromatic amines is 1. The summed E-state index contributed by atoms with van der Waals surface area (Å²) in [5.74, 6) is -0.290. The predicted molar refractivity (Wildman–Crippen MR) is 130 cm³/mol. The maximum Gasteiger partial charge on any atom is 0.269 e. The largest absolute Gasteiger partial charge is 0.395 e. The second-order valence-electron chi connectivity index (χ2n) is 8.45. The van der Waals surface area contributed by atoms with Gasteiger partial charge in [0.2, 0.25) is 0 Å². The number of H-pyrrole nitrogens is 1. The molecule has 168 valence electrons. The number of amides is 1. The molecule has 1 amide bonds. The summed E-state index contributed by atoms with van der Waals surface area (Å²) in [6.45, 7) is 6.01. The van der Waals surface area contributed by atoms with Gasteiger partial charge >= 0.3 is 0 Å². The number of nitrogen functional groups attached to an aromatic ring is 1. The fourth-order valence-electron chi connectivity index (χ4n) is 4.30. The standard InChI is InChI=1S/C24H26N8O/c1-14-3-8-18-17(13-27-30-18)19(14)21-20(25)22(23(26)33)29-24(28-21)15-4-6-16(7-5-15)32-11-9-31(2)10-12-32/h3-8,13H,9-12,25H2,1-2H3,(H2,26,33)(H,27,30). The second kappa shape index (κ2) is 8.18. The number of nitrogens with two attached hydrogens (primary N) is 2. The van der Waals surface area contributed by atoms with Gasteiger partial charge in [0.15, 0.2) is 11.5 Å². The minimum atomic E-state index is -0.691. The number of anilines is 2. The van der Waals surface area contributed by atoms with Gasteiger partial charge in [0.05, 0.1) is 23.1 Å². The summed E-state index contributed by atoms with van der Waals surface area (Å²) in [6, 6.07) is 12.0. The molecule has 1 saturated heterocycles. The lowest BCUT2D eigenvalue weighted by molar-refractivity contribution is 0.0996. The molecule has 0 spiro atoms. The number of hydrogen-bond donors (Lipinski definition) is 3. The number of nitrogens with one attached hydrogen (secondary N) is 1. The van der Waals surface area contributed by atoms with Crippen molar-refractivity contribution in [1.82, 2.24) is 25.1 Å². The van der Waals surface area contributed by atoms with Gasteiger partial charge in [-0.2, -0.15) is 5.10 Å². The molecule has 1 fully saturated rings. The van der Waals surface area contributed by atoms with Crippen LogP contribution in [0, 0.1) is 6.92 Å². The topological polar surface area (TPSA) is 130 Å². The van der Waals surface area contributed by atoms with Gasteiger partial charge in [-0.1, -0.05) is 6.07 Å². The number of primary amides is 1. The van der Waals surface area contributed by atoms with E-state index < -0.39 is 5.91 Å². The Morgan fingerprint density at radius 1 is 1.03 bits per heavy atom. The molecule has 0 atom stereocenters. The Labute approximate surface area is 191 Å². The molecule has 5 N–H and O–H groups in total. The Balaban J connectivity index is 1.60. The van der Waals surface area contributed by atoms with Crippen molar-refractivity contribution in [3.8, 4) is 22.6 Å². The average molecular weight is 443 g/mol. The van der Waals surface area contributed by atoms with E-state index >= 15 is 0 Å². The smallest absolute Gasteiger partial charge is 0.269 e. The van der Waals surface area contributed by atoms with Crippen LogP contribution in [0.4, 0.5) is 11.4 Å². The van der Waals surface area contributed by atoms with Crippen molar-refractivity contribution in [1.29, 1.82) is 0 Å². The summed E-state index contributed by atoms with van der Waals surface area (Å²) >= 11 is 0. The van der Waals surface area contributed by atoms with E-state index in [4.69, 9.17) is 16.5 Å². The molecule has 1 aliphatic heterocycles. The van der Waals surface area contributed by atoms with Crippen LogP contribution in [0.1, 0.15) is 16.1 Å². The first-order valence-corrected chi connectivity index (χ1v) is 10.9. The number of aryl methyl sites for hydroxylation is 1. The molecular formula is C24H26N8O. The SMILES string of the molecule is Cc1ccc2[nH]ncc2c1-c1nc(-c2ccc(N3CCN(C)CC3)cc2)nc(C(N)=O)c1N. The zero-order chi connectivity index (χ0) is 23.1. The lowest BCUT2D eigenvalue weighted by Gasteiger charge is -2.34. The third-order valence-electron chi connectivity index (χ3n) is 6.24. The van der Waals surface area contributed by atoms with Crippen LogP contribution >= 0.6 is 0 Å². The van der Waals surface area contributed by atoms with Crippen molar-refractivity contribution < 1.29 is 4.79 Å². The van der Waals surface area contributed by atoms with Crippen LogP contribution < -0.4 is 16.4 Å². The summed E-state index contributed by atoms with van der Waals surface area (Å²) in [4.78, 5) is 26.1. The molecule has 9 heteroatoms. The number of piperazine rings is 1. The van der Waals surface area contributed by atoms with Crippen LogP contribution in [0.2, 0.25) is 0 Å². The highest BCUT2D eigenvalue weighted by molar-refractivity contribution is 6.04. The van der Waals surface area contributed by atoms with Crippen LogP contribution in [-0.4, -0.2) is 64.2 Å². The number of carbonyl (C=O) groups is 1. The van der Waals surface area contributed by atoms with Crippen LogP contribution in [0.25, 0.3) is 33.5 Å². The number of fused-ring (bicyclic) bond motifs is 1. The van der Waals surface area contributed by atoms with E-state index in [-0.39, 0.29) is 11.4 Å². The Bertz CT molecular complexity index is 1340. The number of rotatable bonds is 4. The summed E-state index contributed by atoms with van der Waals surface area (Å²) < 4.78 is 0. The van der Waals surface area contributed by atoms with Crippen molar-refractivity contribution in [2.45, 2.75) is 6.92 Å². The molecular weight excluding hydrogens is 416 g/mol. The van der Waals surface area contributed by atoms with Crippen LogP contribution in [-0.2, 0) is 0 Å². The van der Waals surface area contributed by atoms with Gasteiger partial charge < -0.3 is 21.3 Å². The highest BCUT2D eigenvalue weighted by Crippen LogP contribution is 2.36. The lowest BCUT2D eigenvalue weighted by atomic mass is 9.99. The van der Waals surface area contributed by atoms with Gasteiger partial charge in [-0.25, -0.2) is 9.97 Å². The van der Waals surface area contributed by atoms with Crippen LogP contribution in [0.15, 0.2) is 42.6 Å². The second-order valence-corrected chi connectivity index (χ2v) is 8.45. The fraction of sp³-hybridized carbons (Fsp3) is 0.250. The van der Waals surface area contributed by atoms with Crippen molar-refractivity contribution in [3.05, 3.63) is 53.9 Å². The fourth-order valence-corrected chi connectivity index (χ4v) is 4.30.